The molecule has 0 aliphatic rings. The summed E-state index contributed by atoms with van der Waals surface area (Å²) < 4.78 is 7.13. The van der Waals surface area contributed by atoms with Crippen LogP contribution in [0.15, 0.2) is 23.0 Å². The van der Waals surface area contributed by atoms with E-state index in [0.717, 1.165) is 23.6 Å². The van der Waals surface area contributed by atoms with Gasteiger partial charge >= 0.3 is 0 Å². The second-order valence-electron chi connectivity index (χ2n) is 4.47. The SMILES string of the molecule is CCn1cc(-c2cc(C(N)C(C)C)on2)cn1. The van der Waals surface area contributed by atoms with Gasteiger partial charge < -0.3 is 10.3 Å². The van der Waals surface area contributed by atoms with E-state index in [0.29, 0.717) is 5.92 Å². The van der Waals surface area contributed by atoms with Gasteiger partial charge in [-0.15, -0.1) is 0 Å². The van der Waals surface area contributed by atoms with Crippen LogP contribution in [0, 0.1) is 5.92 Å². The molecule has 0 radical (unpaired) electrons. The van der Waals surface area contributed by atoms with Crippen molar-refractivity contribution < 1.29 is 4.52 Å². The van der Waals surface area contributed by atoms with Crippen LogP contribution in [0.4, 0.5) is 0 Å². The average molecular weight is 234 g/mol. The van der Waals surface area contributed by atoms with E-state index in [-0.39, 0.29) is 6.04 Å². The Morgan fingerprint density at radius 2 is 2.24 bits per heavy atom. The molecular formula is C12H18N4O. The van der Waals surface area contributed by atoms with Crippen molar-refractivity contribution in [2.45, 2.75) is 33.4 Å². The molecule has 1 unspecified atom stereocenters. The van der Waals surface area contributed by atoms with E-state index in [1.54, 1.807) is 6.20 Å². The van der Waals surface area contributed by atoms with E-state index >= 15 is 0 Å². The van der Waals surface area contributed by atoms with Gasteiger partial charge in [-0.25, -0.2) is 0 Å². The van der Waals surface area contributed by atoms with Crippen LogP contribution in [0.25, 0.3) is 11.3 Å². The summed E-state index contributed by atoms with van der Waals surface area (Å²) in [6, 6.07) is 1.78. The van der Waals surface area contributed by atoms with Gasteiger partial charge in [0.15, 0.2) is 5.76 Å². The van der Waals surface area contributed by atoms with Crippen molar-refractivity contribution in [3.05, 3.63) is 24.2 Å². The number of hydrogen-bond donors (Lipinski definition) is 1. The average Bonchev–Trinajstić information content (AvgIpc) is 2.96. The fourth-order valence-corrected chi connectivity index (χ4v) is 1.58. The smallest absolute Gasteiger partial charge is 0.154 e. The van der Waals surface area contributed by atoms with Crippen molar-refractivity contribution >= 4 is 0 Å². The highest BCUT2D eigenvalue weighted by Crippen LogP contribution is 2.24. The molecule has 2 rings (SSSR count). The Morgan fingerprint density at radius 3 is 2.82 bits per heavy atom. The van der Waals surface area contributed by atoms with Gasteiger partial charge in [0, 0.05) is 24.4 Å². The first-order valence-corrected chi connectivity index (χ1v) is 5.86. The quantitative estimate of drug-likeness (QED) is 0.880. The lowest BCUT2D eigenvalue weighted by Crippen LogP contribution is -2.15. The molecule has 0 aromatic carbocycles. The summed E-state index contributed by atoms with van der Waals surface area (Å²) in [6.45, 7) is 7.00. The Balaban J connectivity index is 2.23. The lowest BCUT2D eigenvalue weighted by molar-refractivity contribution is 0.333. The van der Waals surface area contributed by atoms with E-state index in [9.17, 15) is 0 Å². The molecular weight excluding hydrogens is 216 g/mol. The van der Waals surface area contributed by atoms with Crippen molar-refractivity contribution in [2.75, 3.05) is 0 Å². The molecule has 0 fully saturated rings. The second-order valence-corrected chi connectivity index (χ2v) is 4.47. The fraction of sp³-hybridized carbons (Fsp3) is 0.500. The number of rotatable bonds is 4. The maximum atomic E-state index is 6.01. The molecule has 2 N–H and O–H groups in total. The summed E-state index contributed by atoms with van der Waals surface area (Å²) >= 11 is 0. The highest BCUT2D eigenvalue weighted by Gasteiger charge is 2.17. The third kappa shape index (κ3) is 2.39. The van der Waals surface area contributed by atoms with E-state index < -0.39 is 0 Å². The van der Waals surface area contributed by atoms with E-state index in [1.165, 1.54) is 0 Å². The Hall–Kier alpha value is -1.62. The molecule has 5 heteroatoms. The van der Waals surface area contributed by atoms with Crippen molar-refractivity contribution in [1.29, 1.82) is 0 Å². The first-order valence-electron chi connectivity index (χ1n) is 5.86. The maximum absolute atomic E-state index is 6.01. The molecule has 17 heavy (non-hydrogen) atoms. The fourth-order valence-electron chi connectivity index (χ4n) is 1.58. The number of hydrogen-bond acceptors (Lipinski definition) is 4. The number of nitrogens with zero attached hydrogens (tertiary/aromatic N) is 3. The molecule has 0 amide bonds. The lowest BCUT2D eigenvalue weighted by Gasteiger charge is -2.10. The van der Waals surface area contributed by atoms with Gasteiger partial charge in [-0.1, -0.05) is 19.0 Å². The molecule has 2 aromatic heterocycles. The zero-order valence-electron chi connectivity index (χ0n) is 10.4. The zero-order valence-corrected chi connectivity index (χ0v) is 10.4. The van der Waals surface area contributed by atoms with Crippen molar-refractivity contribution in [3.63, 3.8) is 0 Å². The minimum Gasteiger partial charge on any atom is -0.359 e. The molecule has 2 heterocycles. The maximum Gasteiger partial charge on any atom is 0.154 e. The van der Waals surface area contributed by atoms with Crippen molar-refractivity contribution in [3.8, 4) is 11.3 Å². The molecule has 0 saturated carbocycles. The highest BCUT2D eigenvalue weighted by atomic mass is 16.5. The third-order valence-electron chi connectivity index (χ3n) is 2.83. The van der Waals surface area contributed by atoms with Crippen LogP contribution in [0.2, 0.25) is 0 Å². The largest absolute Gasteiger partial charge is 0.359 e. The first-order chi connectivity index (χ1) is 8.11. The topological polar surface area (TPSA) is 69.9 Å². The molecule has 0 aliphatic carbocycles. The van der Waals surface area contributed by atoms with Crippen molar-refractivity contribution in [1.82, 2.24) is 14.9 Å². The van der Waals surface area contributed by atoms with E-state index in [4.69, 9.17) is 10.3 Å². The second kappa shape index (κ2) is 4.71. The van der Waals surface area contributed by atoms with Crippen LogP contribution in [0.5, 0.6) is 0 Å². The predicted octanol–water partition coefficient (Wildman–Crippen LogP) is 2.21. The Morgan fingerprint density at radius 1 is 1.47 bits per heavy atom. The van der Waals surface area contributed by atoms with Crippen LogP contribution in [0.1, 0.15) is 32.6 Å². The summed E-state index contributed by atoms with van der Waals surface area (Å²) in [7, 11) is 0. The number of nitrogens with two attached hydrogens (primary N) is 1. The van der Waals surface area contributed by atoms with Gasteiger partial charge in [-0.2, -0.15) is 5.10 Å². The molecule has 2 aromatic rings. The molecule has 92 valence electrons. The summed E-state index contributed by atoms with van der Waals surface area (Å²) in [5.74, 6) is 1.05. The molecule has 0 saturated heterocycles. The van der Waals surface area contributed by atoms with E-state index in [1.807, 2.05) is 23.9 Å². The summed E-state index contributed by atoms with van der Waals surface area (Å²) in [4.78, 5) is 0. The van der Waals surface area contributed by atoms with Crippen LogP contribution < -0.4 is 5.73 Å². The molecule has 0 spiro atoms. The van der Waals surface area contributed by atoms with Gasteiger partial charge in [0.2, 0.25) is 0 Å². The standard InChI is InChI=1S/C12H18N4O/c1-4-16-7-9(6-14-16)10-5-11(17-15-10)12(13)8(2)3/h5-8,12H,4,13H2,1-3H3. The van der Waals surface area contributed by atoms with Gasteiger partial charge in [0.25, 0.3) is 0 Å². The van der Waals surface area contributed by atoms with Crippen LogP contribution >= 0.6 is 0 Å². The summed E-state index contributed by atoms with van der Waals surface area (Å²) in [5, 5.41) is 8.23. The van der Waals surface area contributed by atoms with Crippen LogP contribution in [-0.2, 0) is 6.54 Å². The molecule has 0 bridgehead atoms. The van der Waals surface area contributed by atoms with Gasteiger partial charge in [-0.3, -0.25) is 4.68 Å². The minimum atomic E-state index is -0.113. The van der Waals surface area contributed by atoms with Gasteiger partial charge in [0.05, 0.1) is 12.2 Å². The Kier molecular flexibility index (Phi) is 3.28. The Bertz CT molecular complexity index is 486. The summed E-state index contributed by atoms with van der Waals surface area (Å²) in [6.07, 6.45) is 3.73. The molecule has 1 atom stereocenters. The lowest BCUT2D eigenvalue weighted by atomic mass is 10.0. The van der Waals surface area contributed by atoms with Crippen LogP contribution in [-0.4, -0.2) is 14.9 Å². The number of aryl methyl sites for hydroxylation is 1. The Labute approximate surface area is 101 Å². The number of aromatic nitrogens is 3. The summed E-state index contributed by atoms with van der Waals surface area (Å²) in [5.41, 5.74) is 7.75. The zero-order chi connectivity index (χ0) is 12.4. The monoisotopic (exact) mass is 234 g/mol. The van der Waals surface area contributed by atoms with Gasteiger partial charge in [0.1, 0.15) is 5.69 Å². The first kappa shape index (κ1) is 11.9. The third-order valence-corrected chi connectivity index (χ3v) is 2.83. The normalized spacial score (nSPS) is 13.2. The van der Waals surface area contributed by atoms with Crippen molar-refractivity contribution in [2.24, 2.45) is 11.7 Å². The van der Waals surface area contributed by atoms with E-state index in [2.05, 4.69) is 24.1 Å². The molecule has 5 nitrogen and oxygen atoms in total. The van der Waals surface area contributed by atoms with Gasteiger partial charge in [-0.05, 0) is 12.8 Å². The molecule has 0 aliphatic heterocycles. The van der Waals surface area contributed by atoms with Crippen LogP contribution in [0.3, 0.4) is 0 Å². The highest BCUT2D eigenvalue weighted by molar-refractivity contribution is 5.56. The minimum absolute atomic E-state index is 0.113. The predicted molar refractivity (Wildman–Crippen MR) is 65.2 cm³/mol.